The van der Waals surface area contributed by atoms with Crippen molar-refractivity contribution >= 4 is 27.7 Å². The zero-order chi connectivity index (χ0) is 18.1. The molecule has 132 valence electrons. The van der Waals surface area contributed by atoms with Crippen LogP contribution >= 0.6 is 0 Å². The lowest BCUT2D eigenvalue weighted by atomic mass is 10.1. The molecule has 0 atom stereocenters. The summed E-state index contributed by atoms with van der Waals surface area (Å²) in [6, 6.07) is 15.9. The number of methoxy groups -OCH3 is 1. The Balaban J connectivity index is 1.45. The van der Waals surface area contributed by atoms with Crippen molar-refractivity contribution in [3.05, 3.63) is 66.5 Å². The molecule has 0 saturated heterocycles. The van der Waals surface area contributed by atoms with Gasteiger partial charge in [0.05, 0.1) is 12.6 Å². The molecule has 0 fully saturated rings. The van der Waals surface area contributed by atoms with Crippen molar-refractivity contribution in [1.82, 2.24) is 14.5 Å². The molecular formula is C21H21N3O2. The van der Waals surface area contributed by atoms with Crippen molar-refractivity contribution in [2.75, 3.05) is 13.7 Å². The minimum absolute atomic E-state index is 0.0536. The molecule has 26 heavy (non-hydrogen) atoms. The smallest absolute Gasteiger partial charge is 0.251 e. The first-order valence-corrected chi connectivity index (χ1v) is 8.62. The van der Waals surface area contributed by atoms with Crippen LogP contribution in [0.25, 0.3) is 21.8 Å². The predicted molar refractivity (Wildman–Crippen MR) is 104 cm³/mol. The van der Waals surface area contributed by atoms with Crippen LogP contribution in [0.2, 0.25) is 0 Å². The van der Waals surface area contributed by atoms with Gasteiger partial charge in [-0.25, -0.2) is 0 Å². The van der Waals surface area contributed by atoms with E-state index >= 15 is 0 Å². The minimum atomic E-state index is -0.0536. The van der Waals surface area contributed by atoms with Crippen LogP contribution in [0.15, 0.2) is 60.9 Å². The van der Waals surface area contributed by atoms with Crippen LogP contribution in [-0.4, -0.2) is 28.7 Å². The molecule has 0 aliphatic rings. The van der Waals surface area contributed by atoms with E-state index in [1.807, 2.05) is 66.5 Å². The number of hydrogen-bond acceptors (Lipinski definition) is 2. The van der Waals surface area contributed by atoms with Crippen LogP contribution in [0, 0.1) is 0 Å². The SMILES string of the molecule is COc1cccc2c1ccn2CCNC(=O)c1ccc2ccn(C)c2c1. The van der Waals surface area contributed by atoms with Crippen LogP contribution in [-0.2, 0) is 13.6 Å². The maximum atomic E-state index is 12.5. The number of benzene rings is 2. The maximum absolute atomic E-state index is 12.5. The number of nitrogens with zero attached hydrogens (tertiary/aromatic N) is 2. The summed E-state index contributed by atoms with van der Waals surface area (Å²) in [6.45, 7) is 1.26. The van der Waals surface area contributed by atoms with Gasteiger partial charge in [-0.3, -0.25) is 4.79 Å². The van der Waals surface area contributed by atoms with Crippen molar-refractivity contribution in [3.8, 4) is 5.75 Å². The molecule has 0 unspecified atom stereocenters. The van der Waals surface area contributed by atoms with Gasteiger partial charge in [-0.1, -0.05) is 12.1 Å². The zero-order valence-electron chi connectivity index (χ0n) is 14.9. The Morgan fingerprint density at radius 1 is 1.08 bits per heavy atom. The van der Waals surface area contributed by atoms with E-state index in [9.17, 15) is 4.79 Å². The van der Waals surface area contributed by atoms with Crippen LogP contribution in [0.3, 0.4) is 0 Å². The maximum Gasteiger partial charge on any atom is 0.251 e. The van der Waals surface area contributed by atoms with Crippen LogP contribution in [0.5, 0.6) is 5.75 Å². The molecule has 2 aromatic carbocycles. The van der Waals surface area contributed by atoms with E-state index in [2.05, 4.69) is 16.0 Å². The Morgan fingerprint density at radius 2 is 1.96 bits per heavy atom. The van der Waals surface area contributed by atoms with Crippen molar-refractivity contribution < 1.29 is 9.53 Å². The van der Waals surface area contributed by atoms with Crippen molar-refractivity contribution in [2.24, 2.45) is 7.05 Å². The highest BCUT2D eigenvalue weighted by molar-refractivity contribution is 5.98. The lowest BCUT2D eigenvalue weighted by Crippen LogP contribution is -2.27. The molecular weight excluding hydrogens is 326 g/mol. The fraction of sp³-hybridized carbons (Fsp3) is 0.190. The number of rotatable bonds is 5. The molecule has 0 aliphatic heterocycles. The van der Waals surface area contributed by atoms with Crippen molar-refractivity contribution in [3.63, 3.8) is 0 Å². The van der Waals surface area contributed by atoms with Gasteiger partial charge in [0.25, 0.3) is 5.91 Å². The van der Waals surface area contributed by atoms with Gasteiger partial charge in [0.1, 0.15) is 5.75 Å². The highest BCUT2D eigenvalue weighted by Crippen LogP contribution is 2.26. The molecule has 5 heteroatoms. The standard InChI is InChI=1S/C21H21N3O2/c1-23-11-8-15-6-7-16(14-19(15)23)21(25)22-10-13-24-12-9-17-18(24)4-3-5-20(17)26-2/h3-9,11-12,14H,10,13H2,1-2H3,(H,22,25). The molecule has 0 saturated carbocycles. The summed E-state index contributed by atoms with van der Waals surface area (Å²) in [5, 5.41) is 5.22. The molecule has 2 heterocycles. The van der Waals surface area contributed by atoms with Crippen molar-refractivity contribution in [1.29, 1.82) is 0 Å². The fourth-order valence-corrected chi connectivity index (χ4v) is 3.36. The number of nitrogens with one attached hydrogen (secondary N) is 1. The van der Waals surface area contributed by atoms with Crippen LogP contribution < -0.4 is 10.1 Å². The first-order chi connectivity index (χ1) is 12.7. The van der Waals surface area contributed by atoms with E-state index < -0.39 is 0 Å². The summed E-state index contributed by atoms with van der Waals surface area (Å²) in [5.74, 6) is 0.809. The molecule has 2 aromatic heterocycles. The van der Waals surface area contributed by atoms with E-state index in [0.29, 0.717) is 18.7 Å². The first kappa shape index (κ1) is 16.3. The van der Waals surface area contributed by atoms with E-state index in [1.165, 1.54) is 0 Å². The Bertz CT molecular complexity index is 1090. The molecule has 0 spiro atoms. The number of ether oxygens (including phenoxy) is 1. The lowest BCUT2D eigenvalue weighted by Gasteiger charge is -2.09. The van der Waals surface area contributed by atoms with Gasteiger partial charge in [0.2, 0.25) is 0 Å². The summed E-state index contributed by atoms with van der Waals surface area (Å²) in [5.41, 5.74) is 2.84. The normalized spacial score (nSPS) is 11.2. The Labute approximate surface area is 151 Å². The average molecular weight is 347 g/mol. The van der Waals surface area contributed by atoms with Gasteiger partial charge in [0.15, 0.2) is 0 Å². The minimum Gasteiger partial charge on any atom is -0.496 e. The second kappa shape index (κ2) is 6.59. The predicted octanol–water partition coefficient (Wildman–Crippen LogP) is 3.57. The first-order valence-electron chi connectivity index (χ1n) is 8.62. The Kier molecular flexibility index (Phi) is 4.13. The van der Waals surface area contributed by atoms with Gasteiger partial charge < -0.3 is 19.2 Å². The number of fused-ring (bicyclic) bond motifs is 2. The number of hydrogen-bond donors (Lipinski definition) is 1. The molecule has 0 radical (unpaired) electrons. The number of carbonyl (C=O) groups excluding carboxylic acids is 1. The number of amides is 1. The lowest BCUT2D eigenvalue weighted by molar-refractivity contribution is 0.0952. The molecule has 1 amide bonds. The quantitative estimate of drug-likeness (QED) is 0.600. The summed E-state index contributed by atoms with van der Waals surface area (Å²) in [4.78, 5) is 12.5. The van der Waals surface area contributed by atoms with Crippen molar-refractivity contribution in [2.45, 2.75) is 6.54 Å². The second-order valence-corrected chi connectivity index (χ2v) is 6.36. The van der Waals surface area contributed by atoms with Gasteiger partial charge in [-0.05, 0) is 41.8 Å². The molecule has 4 rings (SSSR count). The number of aryl methyl sites for hydroxylation is 1. The molecule has 1 N–H and O–H groups in total. The van der Waals surface area contributed by atoms with Gasteiger partial charge in [-0.15, -0.1) is 0 Å². The summed E-state index contributed by atoms with van der Waals surface area (Å²) in [6.07, 6.45) is 4.02. The highest BCUT2D eigenvalue weighted by atomic mass is 16.5. The van der Waals surface area contributed by atoms with E-state index in [4.69, 9.17) is 4.74 Å². The number of aromatic nitrogens is 2. The molecule has 5 nitrogen and oxygen atoms in total. The van der Waals surface area contributed by atoms with E-state index in [-0.39, 0.29) is 5.91 Å². The third-order valence-electron chi connectivity index (χ3n) is 4.78. The third-order valence-corrected chi connectivity index (χ3v) is 4.78. The second-order valence-electron chi connectivity index (χ2n) is 6.36. The van der Waals surface area contributed by atoms with E-state index in [0.717, 1.165) is 27.6 Å². The van der Waals surface area contributed by atoms with E-state index in [1.54, 1.807) is 7.11 Å². The zero-order valence-corrected chi connectivity index (χ0v) is 14.9. The molecule has 0 bridgehead atoms. The summed E-state index contributed by atoms with van der Waals surface area (Å²) < 4.78 is 9.54. The Morgan fingerprint density at radius 3 is 2.81 bits per heavy atom. The monoisotopic (exact) mass is 347 g/mol. The third kappa shape index (κ3) is 2.81. The molecule has 4 aromatic rings. The summed E-state index contributed by atoms with van der Waals surface area (Å²) >= 11 is 0. The van der Waals surface area contributed by atoms with Gasteiger partial charge >= 0.3 is 0 Å². The van der Waals surface area contributed by atoms with Crippen LogP contribution in [0.1, 0.15) is 10.4 Å². The summed E-state index contributed by atoms with van der Waals surface area (Å²) in [7, 11) is 3.66. The largest absolute Gasteiger partial charge is 0.496 e. The average Bonchev–Trinajstić information content (AvgIpc) is 3.25. The number of carbonyl (C=O) groups is 1. The Hall–Kier alpha value is -3.21. The topological polar surface area (TPSA) is 48.2 Å². The highest BCUT2D eigenvalue weighted by Gasteiger charge is 2.09. The van der Waals surface area contributed by atoms with Gasteiger partial charge in [-0.2, -0.15) is 0 Å². The fourth-order valence-electron chi connectivity index (χ4n) is 3.36. The van der Waals surface area contributed by atoms with Gasteiger partial charge in [0, 0.05) is 49.0 Å². The molecule has 0 aliphatic carbocycles. The van der Waals surface area contributed by atoms with Crippen LogP contribution in [0.4, 0.5) is 0 Å².